The Bertz CT molecular complexity index is 911. The Hall–Kier alpha value is -1.83. The van der Waals surface area contributed by atoms with Crippen LogP contribution >= 0.6 is 15.8 Å². The minimum atomic E-state index is -0.783. The summed E-state index contributed by atoms with van der Waals surface area (Å²) in [5.41, 5.74) is 0. The number of aliphatic hydroxyl groups is 2. The van der Waals surface area contributed by atoms with Crippen molar-refractivity contribution in [2.24, 2.45) is 0 Å². The van der Waals surface area contributed by atoms with Crippen molar-refractivity contribution in [2.45, 2.75) is 32.5 Å². The fourth-order valence-corrected chi connectivity index (χ4v) is 10.4. The maximum absolute atomic E-state index is 8.56. The third-order valence-electron chi connectivity index (χ3n) is 5.80. The van der Waals surface area contributed by atoms with Crippen molar-refractivity contribution in [3.05, 3.63) is 121 Å². The molecule has 4 aromatic carbocycles. The summed E-state index contributed by atoms with van der Waals surface area (Å²) in [6.45, 7) is 3.32. The molecule has 0 saturated heterocycles. The standard InChI is InChI=1S/C26H24P2.C5H12O2.Co/c1-5-13-23(14-6-1)27(24-15-7-2-8-16-24)21-22-28(25-17-9-3-10-18-25)26-19-11-4-12-20-26;1-4(6)3-5(2)7;/h1-20H,21-22H2;4-7H,3H2,1-2H3;/p+2. The molecule has 0 spiro atoms. The van der Waals surface area contributed by atoms with Gasteiger partial charge >= 0.3 is 0 Å². The number of hydrogen-bond acceptors (Lipinski definition) is 2. The van der Waals surface area contributed by atoms with E-state index in [4.69, 9.17) is 10.2 Å². The molecular weight excluding hydrogens is 525 g/mol. The van der Waals surface area contributed by atoms with E-state index in [1.54, 1.807) is 13.8 Å². The van der Waals surface area contributed by atoms with E-state index in [9.17, 15) is 0 Å². The molecule has 2 N–H and O–H groups in total. The molecule has 191 valence electrons. The molecule has 5 heteroatoms. The Morgan fingerprint density at radius 1 is 0.472 bits per heavy atom. The van der Waals surface area contributed by atoms with Gasteiger partial charge in [0, 0.05) is 16.8 Å². The van der Waals surface area contributed by atoms with Crippen molar-refractivity contribution in [1.82, 2.24) is 0 Å². The van der Waals surface area contributed by atoms with Gasteiger partial charge in [0.25, 0.3) is 0 Å². The Labute approximate surface area is 229 Å². The quantitative estimate of drug-likeness (QED) is 0.286. The summed E-state index contributed by atoms with van der Waals surface area (Å²) >= 11 is 0. The zero-order chi connectivity index (χ0) is 24.9. The van der Waals surface area contributed by atoms with Crippen LogP contribution in [0, 0.1) is 0 Å². The average molecular weight is 564 g/mol. The molecule has 2 unspecified atom stereocenters. The molecule has 4 aromatic rings. The summed E-state index contributed by atoms with van der Waals surface area (Å²) in [7, 11) is -1.57. The van der Waals surface area contributed by atoms with Crippen molar-refractivity contribution in [3.8, 4) is 0 Å². The molecule has 0 aliphatic carbocycles. The smallest absolute Gasteiger partial charge is 0.101 e. The van der Waals surface area contributed by atoms with E-state index in [0.717, 1.165) is 0 Å². The molecule has 1 radical (unpaired) electrons. The van der Waals surface area contributed by atoms with Crippen LogP contribution in [0.4, 0.5) is 0 Å². The van der Waals surface area contributed by atoms with Crippen LogP contribution in [-0.4, -0.2) is 34.7 Å². The Morgan fingerprint density at radius 2 is 0.694 bits per heavy atom. The van der Waals surface area contributed by atoms with E-state index in [0.29, 0.717) is 6.42 Å². The molecule has 0 fully saturated rings. The van der Waals surface area contributed by atoms with Crippen LogP contribution in [0.15, 0.2) is 121 Å². The molecule has 2 atom stereocenters. The van der Waals surface area contributed by atoms with Gasteiger partial charge in [-0.05, 0) is 68.8 Å². The van der Waals surface area contributed by atoms with Crippen LogP contribution in [-0.2, 0) is 16.8 Å². The first-order chi connectivity index (χ1) is 17.0. The van der Waals surface area contributed by atoms with Gasteiger partial charge in [-0.3, -0.25) is 0 Å². The van der Waals surface area contributed by atoms with Gasteiger partial charge in [0.1, 0.15) is 12.3 Å². The minimum Gasteiger partial charge on any atom is -0.393 e. The van der Waals surface area contributed by atoms with Gasteiger partial charge in [-0.2, -0.15) is 0 Å². The molecule has 0 amide bonds. The first-order valence-electron chi connectivity index (χ1n) is 12.3. The van der Waals surface area contributed by atoms with E-state index in [1.807, 2.05) is 0 Å². The average Bonchev–Trinajstić information content (AvgIpc) is 2.88. The number of rotatable bonds is 9. The van der Waals surface area contributed by atoms with Crippen LogP contribution in [0.2, 0.25) is 0 Å². The maximum atomic E-state index is 8.56. The molecular formula is C31H38CoO2P2+2. The maximum Gasteiger partial charge on any atom is 0.101 e. The van der Waals surface area contributed by atoms with Gasteiger partial charge in [0.15, 0.2) is 0 Å². The van der Waals surface area contributed by atoms with Crippen LogP contribution < -0.4 is 21.2 Å². The van der Waals surface area contributed by atoms with Gasteiger partial charge in [-0.1, -0.05) is 72.8 Å². The van der Waals surface area contributed by atoms with Crippen LogP contribution in [0.5, 0.6) is 0 Å². The molecule has 0 bridgehead atoms. The predicted octanol–water partition coefficient (Wildman–Crippen LogP) is 4.85. The largest absolute Gasteiger partial charge is 0.393 e. The van der Waals surface area contributed by atoms with Crippen molar-refractivity contribution < 1.29 is 27.0 Å². The third-order valence-corrected chi connectivity index (χ3v) is 11.9. The zero-order valence-corrected chi connectivity index (χ0v) is 24.1. The SMILES string of the molecule is CC(O)CC(C)O.[Co].c1ccc([PH+](CC[PH+](c2ccccc2)c2ccccc2)c2ccccc2)cc1. The number of aliphatic hydroxyl groups excluding tert-OH is 2. The predicted molar refractivity (Wildman–Crippen MR) is 159 cm³/mol. The van der Waals surface area contributed by atoms with Crippen molar-refractivity contribution in [1.29, 1.82) is 0 Å². The first kappa shape index (κ1) is 30.4. The topological polar surface area (TPSA) is 40.5 Å². The summed E-state index contributed by atoms with van der Waals surface area (Å²) in [5, 5.41) is 23.2. The minimum absolute atomic E-state index is 0. The van der Waals surface area contributed by atoms with Gasteiger partial charge in [0.2, 0.25) is 0 Å². The second-order valence-electron chi connectivity index (χ2n) is 8.85. The molecule has 0 aliphatic heterocycles. The monoisotopic (exact) mass is 563 g/mol. The summed E-state index contributed by atoms with van der Waals surface area (Å²) < 4.78 is 0. The van der Waals surface area contributed by atoms with E-state index in [-0.39, 0.29) is 29.0 Å². The van der Waals surface area contributed by atoms with Gasteiger partial charge in [-0.25, -0.2) is 0 Å². The second kappa shape index (κ2) is 16.8. The fourth-order valence-electron chi connectivity index (χ4n) is 4.21. The van der Waals surface area contributed by atoms with Crippen LogP contribution in [0.3, 0.4) is 0 Å². The van der Waals surface area contributed by atoms with Crippen molar-refractivity contribution in [2.75, 3.05) is 12.3 Å². The van der Waals surface area contributed by atoms with E-state index in [2.05, 4.69) is 121 Å². The molecule has 0 aliphatic rings. The number of hydrogen-bond donors (Lipinski definition) is 2. The van der Waals surface area contributed by atoms with Crippen molar-refractivity contribution in [3.63, 3.8) is 0 Å². The van der Waals surface area contributed by atoms with Gasteiger partial charge < -0.3 is 10.2 Å². The fraction of sp³-hybridized carbons (Fsp3) is 0.226. The Balaban J connectivity index is 0.000000503. The molecule has 0 saturated carbocycles. The summed E-state index contributed by atoms with van der Waals surface area (Å²) in [4.78, 5) is 0. The summed E-state index contributed by atoms with van der Waals surface area (Å²) in [6.07, 6.45) is 2.24. The normalized spacial score (nSPS) is 12.3. The van der Waals surface area contributed by atoms with E-state index >= 15 is 0 Å². The third kappa shape index (κ3) is 10.3. The van der Waals surface area contributed by atoms with Gasteiger partial charge in [0.05, 0.1) is 49.3 Å². The van der Waals surface area contributed by atoms with Crippen molar-refractivity contribution >= 4 is 37.1 Å². The Kier molecular flexibility index (Phi) is 14.2. The molecule has 2 nitrogen and oxygen atoms in total. The first-order valence-corrected chi connectivity index (χ1v) is 15.8. The van der Waals surface area contributed by atoms with Crippen LogP contribution in [0.25, 0.3) is 0 Å². The summed E-state index contributed by atoms with van der Waals surface area (Å²) in [5.74, 6) is 0. The zero-order valence-electron chi connectivity index (χ0n) is 21.1. The van der Waals surface area contributed by atoms with E-state index in [1.165, 1.54) is 33.5 Å². The Morgan fingerprint density at radius 3 is 0.861 bits per heavy atom. The van der Waals surface area contributed by atoms with E-state index < -0.39 is 15.8 Å². The molecule has 0 heterocycles. The number of benzene rings is 4. The second-order valence-corrected chi connectivity index (χ2v) is 14.1. The molecule has 0 aromatic heterocycles. The van der Waals surface area contributed by atoms with Crippen LogP contribution in [0.1, 0.15) is 20.3 Å². The van der Waals surface area contributed by atoms with Gasteiger partial charge in [-0.15, -0.1) is 0 Å². The summed E-state index contributed by atoms with van der Waals surface area (Å²) in [6, 6.07) is 44.5. The molecule has 4 rings (SSSR count). The molecule has 36 heavy (non-hydrogen) atoms.